The smallest absolute Gasteiger partial charge is 0.0995 e. The molecule has 2 aromatic carbocycles. The zero-order valence-corrected chi connectivity index (χ0v) is 11.3. The Morgan fingerprint density at radius 2 is 1.68 bits per heavy atom. The Bertz CT molecular complexity index is 696. The molecule has 0 saturated carbocycles. The Hall–Kier alpha value is -2.00. The lowest BCUT2D eigenvalue weighted by molar-refractivity contribution is 1.03. The topological polar surface area (TPSA) is 47.6 Å². The first-order valence-corrected chi connectivity index (χ1v) is 6.26. The second-order valence-electron chi connectivity index (χ2n) is 3.93. The molecule has 92 valence electrons. The maximum Gasteiger partial charge on any atom is 0.0995 e. The molecule has 2 aromatic rings. The van der Waals surface area contributed by atoms with Crippen LogP contribution in [-0.2, 0) is 0 Å². The maximum atomic E-state index is 9.38. The Kier molecular flexibility index (Phi) is 4.07. The summed E-state index contributed by atoms with van der Waals surface area (Å²) in [6.45, 7) is 0. The van der Waals surface area contributed by atoms with Gasteiger partial charge in [0.2, 0.25) is 0 Å². The van der Waals surface area contributed by atoms with E-state index in [0.29, 0.717) is 21.2 Å². The highest BCUT2D eigenvalue weighted by Gasteiger charge is 2.17. The average Bonchev–Trinajstić information content (AvgIpc) is 2.44. The molecule has 0 amide bonds. The number of halogens is 2. The minimum absolute atomic E-state index is 0.397. The Balaban J connectivity index is 2.54. The molecule has 4 heteroatoms. The molecule has 2 nitrogen and oxygen atoms in total. The second kappa shape index (κ2) is 5.76. The van der Waals surface area contributed by atoms with Gasteiger partial charge in [-0.1, -0.05) is 47.5 Å². The van der Waals surface area contributed by atoms with Crippen LogP contribution in [0, 0.1) is 22.7 Å². The fourth-order valence-corrected chi connectivity index (χ4v) is 2.17. The van der Waals surface area contributed by atoms with Crippen molar-refractivity contribution in [3.05, 3.63) is 69.2 Å². The van der Waals surface area contributed by atoms with Crippen LogP contribution in [0.25, 0.3) is 0 Å². The SMILES string of the molecule is N#Cc1ccccc1C(C#N)c1ccc(Cl)c(Cl)c1. The summed E-state index contributed by atoms with van der Waals surface area (Å²) in [5, 5.41) is 19.3. The summed E-state index contributed by atoms with van der Waals surface area (Å²) >= 11 is 11.8. The van der Waals surface area contributed by atoms with E-state index in [4.69, 9.17) is 28.5 Å². The lowest BCUT2D eigenvalue weighted by Gasteiger charge is -2.12. The molecule has 19 heavy (non-hydrogen) atoms. The van der Waals surface area contributed by atoms with Gasteiger partial charge in [-0.05, 0) is 29.3 Å². The van der Waals surface area contributed by atoms with E-state index in [1.54, 1.807) is 42.5 Å². The van der Waals surface area contributed by atoms with Crippen LogP contribution in [0.15, 0.2) is 42.5 Å². The summed E-state index contributed by atoms with van der Waals surface area (Å²) in [6.07, 6.45) is 0. The molecule has 0 aliphatic carbocycles. The van der Waals surface area contributed by atoms with Crippen molar-refractivity contribution in [3.63, 3.8) is 0 Å². The van der Waals surface area contributed by atoms with Gasteiger partial charge in [-0.15, -0.1) is 0 Å². The first kappa shape index (κ1) is 13.4. The third-order valence-electron chi connectivity index (χ3n) is 2.80. The molecule has 0 saturated heterocycles. The molecule has 1 atom stereocenters. The predicted octanol–water partition coefficient (Wildman–Crippen LogP) is 4.52. The summed E-state index contributed by atoms with van der Waals surface area (Å²) in [6, 6.07) is 16.4. The van der Waals surface area contributed by atoms with E-state index in [1.807, 2.05) is 0 Å². The monoisotopic (exact) mass is 286 g/mol. The standard InChI is InChI=1S/C15H8Cl2N2/c16-14-6-5-10(7-15(14)17)13(9-19)12-4-2-1-3-11(12)8-18/h1-7,13H. The number of nitriles is 2. The van der Waals surface area contributed by atoms with Crippen molar-refractivity contribution in [2.45, 2.75) is 5.92 Å². The largest absolute Gasteiger partial charge is 0.197 e. The molecule has 0 aromatic heterocycles. The molecule has 0 aliphatic heterocycles. The Labute approximate surface area is 121 Å². The molecular formula is C15H8Cl2N2. The normalized spacial score (nSPS) is 11.4. The lowest BCUT2D eigenvalue weighted by Crippen LogP contribution is -2.01. The van der Waals surface area contributed by atoms with Gasteiger partial charge in [-0.2, -0.15) is 10.5 Å². The van der Waals surface area contributed by atoms with Crippen LogP contribution in [-0.4, -0.2) is 0 Å². The molecular weight excluding hydrogens is 279 g/mol. The molecule has 0 bridgehead atoms. The average molecular weight is 287 g/mol. The highest BCUT2D eigenvalue weighted by Crippen LogP contribution is 2.31. The highest BCUT2D eigenvalue weighted by atomic mass is 35.5. The van der Waals surface area contributed by atoms with Gasteiger partial charge in [-0.25, -0.2) is 0 Å². The number of nitrogens with zero attached hydrogens (tertiary/aromatic N) is 2. The van der Waals surface area contributed by atoms with Crippen molar-refractivity contribution in [2.24, 2.45) is 0 Å². The lowest BCUT2D eigenvalue weighted by atomic mass is 9.89. The number of rotatable bonds is 2. The number of hydrogen-bond donors (Lipinski definition) is 0. The zero-order valence-electron chi connectivity index (χ0n) is 9.77. The van der Waals surface area contributed by atoms with Crippen LogP contribution >= 0.6 is 23.2 Å². The van der Waals surface area contributed by atoms with Crippen LogP contribution in [0.5, 0.6) is 0 Å². The van der Waals surface area contributed by atoms with E-state index in [0.717, 1.165) is 5.56 Å². The molecule has 1 unspecified atom stereocenters. The fourth-order valence-electron chi connectivity index (χ4n) is 1.87. The van der Waals surface area contributed by atoms with Gasteiger partial charge in [0.05, 0.1) is 33.7 Å². The summed E-state index contributed by atoms with van der Waals surface area (Å²) in [7, 11) is 0. The first-order valence-electron chi connectivity index (χ1n) is 5.51. The van der Waals surface area contributed by atoms with Gasteiger partial charge in [0.15, 0.2) is 0 Å². The van der Waals surface area contributed by atoms with E-state index >= 15 is 0 Å². The van der Waals surface area contributed by atoms with E-state index in [2.05, 4.69) is 12.1 Å². The van der Waals surface area contributed by atoms with E-state index in [1.165, 1.54) is 0 Å². The molecule has 0 N–H and O–H groups in total. The molecule has 0 spiro atoms. The quantitative estimate of drug-likeness (QED) is 0.815. The molecule has 0 fully saturated rings. The van der Waals surface area contributed by atoms with Crippen molar-refractivity contribution in [2.75, 3.05) is 0 Å². The Morgan fingerprint density at radius 3 is 2.32 bits per heavy atom. The van der Waals surface area contributed by atoms with Gasteiger partial charge in [0, 0.05) is 0 Å². The van der Waals surface area contributed by atoms with Crippen LogP contribution in [0.2, 0.25) is 10.0 Å². The third-order valence-corrected chi connectivity index (χ3v) is 3.54. The van der Waals surface area contributed by atoms with Crippen molar-refractivity contribution in [1.82, 2.24) is 0 Å². The van der Waals surface area contributed by atoms with Gasteiger partial charge in [0.1, 0.15) is 0 Å². The highest BCUT2D eigenvalue weighted by molar-refractivity contribution is 6.42. The summed E-state index contributed by atoms with van der Waals surface area (Å²) in [5.74, 6) is -0.536. The van der Waals surface area contributed by atoms with Crippen LogP contribution in [0.3, 0.4) is 0 Å². The van der Waals surface area contributed by atoms with Crippen LogP contribution in [0.4, 0.5) is 0 Å². The minimum atomic E-state index is -0.536. The number of hydrogen-bond acceptors (Lipinski definition) is 2. The molecule has 2 rings (SSSR count). The van der Waals surface area contributed by atoms with Crippen molar-refractivity contribution in [1.29, 1.82) is 10.5 Å². The molecule has 0 heterocycles. The summed E-state index contributed by atoms with van der Waals surface area (Å²) in [4.78, 5) is 0. The summed E-state index contributed by atoms with van der Waals surface area (Å²) < 4.78 is 0. The Morgan fingerprint density at radius 1 is 0.947 bits per heavy atom. The van der Waals surface area contributed by atoms with Gasteiger partial charge in [0.25, 0.3) is 0 Å². The molecule has 0 radical (unpaired) electrons. The minimum Gasteiger partial charge on any atom is -0.197 e. The number of benzene rings is 2. The van der Waals surface area contributed by atoms with Crippen LogP contribution < -0.4 is 0 Å². The van der Waals surface area contributed by atoms with Crippen molar-refractivity contribution in [3.8, 4) is 12.1 Å². The van der Waals surface area contributed by atoms with Crippen LogP contribution in [0.1, 0.15) is 22.6 Å². The third kappa shape index (κ3) is 2.71. The van der Waals surface area contributed by atoms with E-state index in [-0.39, 0.29) is 0 Å². The molecule has 0 aliphatic rings. The maximum absolute atomic E-state index is 9.38. The van der Waals surface area contributed by atoms with E-state index < -0.39 is 5.92 Å². The summed E-state index contributed by atoms with van der Waals surface area (Å²) in [5.41, 5.74) is 1.88. The van der Waals surface area contributed by atoms with Gasteiger partial charge >= 0.3 is 0 Å². The zero-order chi connectivity index (χ0) is 13.8. The second-order valence-corrected chi connectivity index (χ2v) is 4.75. The fraction of sp³-hybridized carbons (Fsp3) is 0.0667. The van der Waals surface area contributed by atoms with Crippen molar-refractivity contribution >= 4 is 23.2 Å². The predicted molar refractivity (Wildman–Crippen MR) is 75.1 cm³/mol. The van der Waals surface area contributed by atoms with E-state index in [9.17, 15) is 5.26 Å². The van der Waals surface area contributed by atoms with Gasteiger partial charge in [-0.3, -0.25) is 0 Å². The van der Waals surface area contributed by atoms with Crippen molar-refractivity contribution < 1.29 is 0 Å². The van der Waals surface area contributed by atoms with Gasteiger partial charge < -0.3 is 0 Å². The first-order chi connectivity index (χ1) is 9.17.